The van der Waals surface area contributed by atoms with Crippen molar-refractivity contribution < 1.29 is 23.1 Å². The SMILES string of the molecule is C.C.COc1ccc(Cl)cc1S(=O)(=O)N(C)Cc1cccc(-n2ncc(C(=O)O)c2[C@@H]2C[C@H]2c2cn(C)nn2)c1. The van der Waals surface area contributed by atoms with Crippen molar-refractivity contribution >= 4 is 27.6 Å². The van der Waals surface area contributed by atoms with E-state index < -0.39 is 16.0 Å². The number of carboxylic acid groups (broad SMARTS) is 1. The quantitative estimate of drug-likeness (QED) is 0.297. The molecule has 0 amide bonds. The topological polar surface area (TPSA) is 132 Å². The Bertz CT molecular complexity index is 1630. The first kappa shape index (κ1) is 30.8. The van der Waals surface area contributed by atoms with Crippen molar-refractivity contribution in [3.63, 3.8) is 0 Å². The van der Waals surface area contributed by atoms with Crippen LogP contribution in [-0.4, -0.2) is 62.7 Å². The molecule has 0 aliphatic heterocycles. The lowest BCUT2D eigenvalue weighted by atomic mass is 10.1. The van der Waals surface area contributed by atoms with Crippen molar-refractivity contribution in [3.8, 4) is 11.4 Å². The first-order valence-corrected chi connectivity index (χ1v) is 13.5. The van der Waals surface area contributed by atoms with Gasteiger partial charge in [-0.25, -0.2) is 17.9 Å². The van der Waals surface area contributed by atoms with E-state index in [0.29, 0.717) is 16.9 Å². The predicted molar refractivity (Wildman–Crippen MR) is 152 cm³/mol. The lowest BCUT2D eigenvalue weighted by molar-refractivity contribution is 0.0695. The molecule has 2 heterocycles. The molecule has 13 heteroatoms. The molecule has 0 bridgehead atoms. The summed E-state index contributed by atoms with van der Waals surface area (Å²) in [5.41, 5.74) is 2.82. The molecule has 214 valence electrons. The van der Waals surface area contributed by atoms with E-state index >= 15 is 0 Å². The van der Waals surface area contributed by atoms with Gasteiger partial charge in [0.2, 0.25) is 10.0 Å². The molecule has 0 radical (unpaired) electrons. The Morgan fingerprint density at radius 2 is 1.95 bits per heavy atom. The Kier molecular flexibility index (Phi) is 9.07. The fraction of sp³-hybridized carbons (Fsp3) is 0.333. The molecule has 40 heavy (non-hydrogen) atoms. The van der Waals surface area contributed by atoms with Crippen LogP contribution >= 0.6 is 11.6 Å². The lowest BCUT2D eigenvalue weighted by Gasteiger charge is -2.19. The van der Waals surface area contributed by atoms with Crippen molar-refractivity contribution in [1.82, 2.24) is 29.1 Å². The number of nitrogens with zero attached hydrogens (tertiary/aromatic N) is 6. The first-order chi connectivity index (χ1) is 18.1. The maximum Gasteiger partial charge on any atom is 0.339 e. The standard InChI is InChI=1S/C25H25ClN6O5S.2CH4/c1-30-14-21(28-29-30)18-11-19(18)24-20(25(33)34)12-27-32(24)17-6-4-5-15(9-17)13-31(2)38(35,36)23-10-16(26)7-8-22(23)37-3;;/h4-10,12,14,18-19H,11,13H2,1-3H3,(H,33,34);2*1H4/t18-,19-;;/m1../s1. The molecule has 1 fully saturated rings. The molecule has 1 aliphatic rings. The van der Waals surface area contributed by atoms with Crippen molar-refractivity contribution in [2.75, 3.05) is 14.2 Å². The number of sulfonamides is 1. The molecule has 0 saturated heterocycles. The van der Waals surface area contributed by atoms with Gasteiger partial charge in [0.1, 0.15) is 16.2 Å². The molecule has 1 saturated carbocycles. The summed E-state index contributed by atoms with van der Waals surface area (Å²) < 4.78 is 36.3. The lowest BCUT2D eigenvalue weighted by Crippen LogP contribution is -2.27. The van der Waals surface area contributed by atoms with Crippen LogP contribution < -0.4 is 4.74 Å². The highest BCUT2D eigenvalue weighted by molar-refractivity contribution is 7.89. The second kappa shape index (κ2) is 11.8. The van der Waals surface area contributed by atoms with Crippen LogP contribution in [0, 0.1) is 0 Å². The maximum absolute atomic E-state index is 13.3. The van der Waals surface area contributed by atoms with Gasteiger partial charge in [0, 0.05) is 43.7 Å². The van der Waals surface area contributed by atoms with Crippen LogP contribution in [0.4, 0.5) is 0 Å². The molecule has 4 aromatic rings. The molecule has 0 spiro atoms. The molecular formula is C27H33ClN6O5S. The van der Waals surface area contributed by atoms with Gasteiger partial charge in [-0.3, -0.25) is 4.68 Å². The van der Waals surface area contributed by atoms with Gasteiger partial charge in [0.15, 0.2) is 0 Å². The third-order valence-electron chi connectivity index (χ3n) is 6.55. The van der Waals surface area contributed by atoms with Crippen molar-refractivity contribution in [2.45, 2.75) is 44.6 Å². The number of carboxylic acids is 1. The molecular weight excluding hydrogens is 556 g/mol. The Hall–Kier alpha value is -3.74. The Balaban J connectivity index is 0.00000220. The monoisotopic (exact) mass is 588 g/mol. The summed E-state index contributed by atoms with van der Waals surface area (Å²) >= 11 is 6.05. The summed E-state index contributed by atoms with van der Waals surface area (Å²) in [5.74, 6) is -0.903. The smallest absolute Gasteiger partial charge is 0.339 e. The van der Waals surface area contributed by atoms with Gasteiger partial charge >= 0.3 is 5.97 Å². The maximum atomic E-state index is 13.3. The molecule has 0 unspecified atom stereocenters. The van der Waals surface area contributed by atoms with E-state index in [2.05, 4.69) is 15.4 Å². The molecule has 1 aliphatic carbocycles. The van der Waals surface area contributed by atoms with E-state index in [1.807, 2.05) is 6.20 Å². The van der Waals surface area contributed by atoms with Crippen LogP contribution in [0.1, 0.15) is 60.4 Å². The van der Waals surface area contributed by atoms with Crippen LogP contribution in [0.2, 0.25) is 5.02 Å². The zero-order valence-corrected chi connectivity index (χ0v) is 22.4. The predicted octanol–water partition coefficient (Wildman–Crippen LogP) is 4.73. The van der Waals surface area contributed by atoms with Crippen molar-refractivity contribution in [2.24, 2.45) is 7.05 Å². The molecule has 1 N–H and O–H groups in total. The fourth-order valence-electron chi connectivity index (χ4n) is 4.59. The number of aromatic nitrogens is 5. The van der Waals surface area contributed by atoms with E-state index in [1.54, 1.807) is 46.7 Å². The normalized spacial score (nSPS) is 16.2. The third-order valence-corrected chi connectivity index (χ3v) is 8.61. The van der Waals surface area contributed by atoms with Crippen LogP contribution in [0.15, 0.2) is 59.8 Å². The van der Waals surface area contributed by atoms with E-state index in [-0.39, 0.29) is 54.5 Å². The van der Waals surface area contributed by atoms with Crippen molar-refractivity contribution in [1.29, 1.82) is 0 Å². The third kappa shape index (κ3) is 5.74. The van der Waals surface area contributed by atoms with E-state index in [1.165, 1.54) is 36.8 Å². The fourth-order valence-corrected chi connectivity index (χ4v) is 6.17. The molecule has 2 aromatic carbocycles. The van der Waals surface area contributed by atoms with Gasteiger partial charge < -0.3 is 9.84 Å². The molecule has 2 aromatic heterocycles. The summed E-state index contributed by atoms with van der Waals surface area (Å²) in [7, 11) is 0.727. The Morgan fingerprint density at radius 3 is 2.60 bits per heavy atom. The summed E-state index contributed by atoms with van der Waals surface area (Å²) in [5, 5.41) is 22.7. The number of rotatable bonds is 9. The van der Waals surface area contributed by atoms with E-state index in [4.69, 9.17) is 16.3 Å². The number of methoxy groups -OCH3 is 1. The minimum absolute atomic E-state index is 0. The second-order valence-electron chi connectivity index (χ2n) is 9.15. The molecule has 5 rings (SSSR count). The minimum atomic E-state index is -3.93. The largest absolute Gasteiger partial charge is 0.495 e. The second-order valence-corrected chi connectivity index (χ2v) is 11.6. The summed E-state index contributed by atoms with van der Waals surface area (Å²) in [6.45, 7) is 0.0554. The van der Waals surface area contributed by atoms with E-state index in [9.17, 15) is 18.3 Å². The van der Waals surface area contributed by atoms with Gasteiger partial charge in [-0.05, 0) is 42.3 Å². The number of hydrogen-bond donors (Lipinski definition) is 1. The summed E-state index contributed by atoms with van der Waals surface area (Å²) in [6.07, 6.45) is 3.91. The Morgan fingerprint density at radius 1 is 1.20 bits per heavy atom. The van der Waals surface area contributed by atoms with Gasteiger partial charge in [-0.2, -0.15) is 9.40 Å². The highest BCUT2D eigenvalue weighted by Crippen LogP contribution is 2.55. The summed E-state index contributed by atoms with van der Waals surface area (Å²) in [4.78, 5) is 12.0. The highest BCUT2D eigenvalue weighted by atomic mass is 35.5. The van der Waals surface area contributed by atoms with Gasteiger partial charge in [-0.1, -0.05) is 43.8 Å². The van der Waals surface area contributed by atoms with Crippen molar-refractivity contribution in [3.05, 3.63) is 82.4 Å². The number of benzene rings is 2. The zero-order valence-electron chi connectivity index (χ0n) is 20.8. The zero-order chi connectivity index (χ0) is 27.2. The molecule has 2 atom stereocenters. The highest BCUT2D eigenvalue weighted by Gasteiger charge is 2.46. The number of halogens is 1. The number of carbonyl (C=O) groups is 1. The van der Waals surface area contributed by atoms with Gasteiger partial charge in [0.25, 0.3) is 0 Å². The van der Waals surface area contributed by atoms with E-state index in [0.717, 1.165) is 12.1 Å². The van der Waals surface area contributed by atoms with Crippen LogP contribution in [-0.2, 0) is 23.6 Å². The average molecular weight is 589 g/mol. The Labute approximate surface area is 239 Å². The summed E-state index contributed by atoms with van der Waals surface area (Å²) in [6, 6.07) is 11.6. The van der Waals surface area contributed by atoms with Crippen LogP contribution in [0.25, 0.3) is 5.69 Å². The molecule has 11 nitrogen and oxygen atoms in total. The average Bonchev–Trinajstić information content (AvgIpc) is 3.33. The van der Waals surface area contributed by atoms with Crippen LogP contribution in [0.5, 0.6) is 5.75 Å². The minimum Gasteiger partial charge on any atom is -0.495 e. The number of aryl methyl sites for hydroxylation is 1. The van der Waals surface area contributed by atoms with Gasteiger partial charge in [0.05, 0.1) is 30.4 Å². The number of ether oxygens (including phenoxy) is 1. The van der Waals surface area contributed by atoms with Gasteiger partial charge in [-0.15, -0.1) is 5.10 Å². The number of aromatic carboxylic acids is 1. The van der Waals surface area contributed by atoms with Crippen LogP contribution in [0.3, 0.4) is 0 Å². The first-order valence-electron chi connectivity index (χ1n) is 11.7. The number of hydrogen-bond acceptors (Lipinski definition) is 7.